The van der Waals surface area contributed by atoms with Crippen LogP contribution in [0.3, 0.4) is 0 Å². The number of primary amides is 1. The van der Waals surface area contributed by atoms with Gasteiger partial charge in [-0.1, -0.05) is 0 Å². The van der Waals surface area contributed by atoms with Gasteiger partial charge in [0.15, 0.2) is 0 Å². The van der Waals surface area contributed by atoms with E-state index in [2.05, 4.69) is 37.2 Å². The number of hydrogen-bond donors (Lipinski definition) is 12. The fourth-order valence-corrected chi connectivity index (χ4v) is 2.49. The van der Waals surface area contributed by atoms with Gasteiger partial charge in [0.25, 0.3) is 0 Å². The zero-order valence-corrected chi connectivity index (χ0v) is 18.1. The summed E-state index contributed by atoms with van der Waals surface area (Å²) >= 11 is 0. The molecule has 0 aliphatic heterocycles. The van der Waals surface area contributed by atoms with Crippen LogP contribution in [0.15, 0.2) is 0 Å². The molecule has 16 heteroatoms. The van der Waals surface area contributed by atoms with E-state index in [4.69, 9.17) is 28.7 Å². The number of nitrogens with one attached hydrogen (secondary N) is 7. The summed E-state index contributed by atoms with van der Waals surface area (Å²) in [4.78, 5) is 48.6. The fourth-order valence-electron chi connectivity index (χ4n) is 2.49. The van der Waals surface area contributed by atoms with Crippen LogP contribution in [0, 0.1) is 0 Å². The Balaban J connectivity index is 5.19. The van der Waals surface area contributed by atoms with E-state index in [1.54, 1.807) is 0 Å². The number of hydrogen-bond acceptors (Lipinski definition) is 12. The fraction of sp³-hybridized carbons (Fsp3) is 0.750. The van der Waals surface area contributed by atoms with Crippen LogP contribution in [0.25, 0.3) is 0 Å². The molecule has 0 heterocycles. The Hall–Kier alpha value is -2.44. The summed E-state index contributed by atoms with van der Waals surface area (Å²) in [5.41, 5.74) is 26.8. The maximum Gasteiger partial charge on any atom is 0.244 e. The Kier molecular flexibility index (Phi) is 16.8. The predicted octanol–water partition coefficient (Wildman–Crippen LogP) is -7.66. The largest absolute Gasteiger partial charge is 0.370 e. The summed E-state index contributed by atoms with van der Waals surface area (Å²) in [6, 6.07) is -2.63. The molecule has 3 unspecified atom stereocenters. The molecule has 3 atom stereocenters. The first-order chi connectivity index (χ1) is 15.3. The molecule has 0 aliphatic rings. The van der Waals surface area contributed by atoms with E-state index in [0.717, 1.165) is 0 Å². The second-order valence-corrected chi connectivity index (χ2v) is 6.55. The number of carbonyl (C=O) groups excluding carboxylic acids is 4. The maximum absolute atomic E-state index is 12.6. The summed E-state index contributed by atoms with van der Waals surface area (Å²) in [7, 11) is 0. The Bertz CT molecular complexity index is 579. The van der Waals surface area contributed by atoms with Gasteiger partial charge in [-0.25, -0.2) is 0 Å². The minimum atomic E-state index is -1.14. The molecule has 0 radical (unpaired) electrons. The highest BCUT2D eigenvalue weighted by Crippen LogP contribution is 1.91. The molecule has 0 rings (SSSR count). The minimum absolute atomic E-state index is 0.0110. The molecule has 0 fully saturated rings. The highest BCUT2D eigenvalue weighted by atomic mass is 16.2. The van der Waals surface area contributed by atoms with Crippen molar-refractivity contribution in [1.82, 2.24) is 37.2 Å². The molecule has 0 spiro atoms. The van der Waals surface area contributed by atoms with Crippen LogP contribution in [-0.4, -0.2) is 94.6 Å². The molecule has 16 nitrogen and oxygen atoms in total. The van der Waals surface area contributed by atoms with Crippen molar-refractivity contribution in [2.75, 3.05) is 52.9 Å². The molecule has 0 aromatic carbocycles. The molecule has 0 saturated carbocycles. The van der Waals surface area contributed by atoms with Crippen LogP contribution in [0.2, 0.25) is 0 Å². The van der Waals surface area contributed by atoms with E-state index in [1.165, 1.54) is 0 Å². The van der Waals surface area contributed by atoms with Gasteiger partial charge in [0.2, 0.25) is 23.6 Å². The van der Waals surface area contributed by atoms with Crippen molar-refractivity contribution >= 4 is 23.6 Å². The van der Waals surface area contributed by atoms with Crippen LogP contribution >= 0.6 is 0 Å². The highest BCUT2D eigenvalue weighted by molar-refractivity contribution is 5.91. The van der Waals surface area contributed by atoms with Crippen LogP contribution < -0.4 is 65.9 Å². The molecule has 0 aromatic rings. The lowest BCUT2D eigenvalue weighted by Crippen LogP contribution is -2.60. The first kappa shape index (κ1) is 29.6. The molecular weight excluding hydrogens is 424 g/mol. The minimum Gasteiger partial charge on any atom is -0.370 e. The van der Waals surface area contributed by atoms with Crippen LogP contribution in [0.5, 0.6) is 0 Å². The van der Waals surface area contributed by atoms with E-state index in [9.17, 15) is 19.2 Å². The lowest BCUT2D eigenvalue weighted by atomic mass is 10.2. The van der Waals surface area contributed by atoms with Crippen molar-refractivity contribution in [2.24, 2.45) is 28.7 Å². The molecular formula is C16H38N12O4. The molecule has 0 saturated heterocycles. The van der Waals surface area contributed by atoms with Crippen LogP contribution in [0.4, 0.5) is 0 Å². The van der Waals surface area contributed by atoms with Crippen LogP contribution in [-0.2, 0) is 19.2 Å². The van der Waals surface area contributed by atoms with Gasteiger partial charge in [-0.15, -0.1) is 0 Å². The van der Waals surface area contributed by atoms with E-state index < -0.39 is 41.8 Å². The average molecular weight is 463 g/mol. The van der Waals surface area contributed by atoms with Gasteiger partial charge in [-0.3, -0.25) is 29.8 Å². The second-order valence-electron chi connectivity index (χ2n) is 6.55. The average Bonchev–Trinajstić information content (AvgIpc) is 2.76. The van der Waals surface area contributed by atoms with Gasteiger partial charge in [-0.05, 0) is 0 Å². The number of nitrogens with two attached hydrogens (primary N) is 5. The Labute approximate surface area is 186 Å². The SMILES string of the molecule is NCNCC(NCN)C(=O)NCC(NC(=O)C(CNCN)NCN)C(=O)NCCC(N)=O. The topological polar surface area (TPSA) is 283 Å². The van der Waals surface area contributed by atoms with E-state index in [1.807, 2.05) is 0 Å². The maximum atomic E-state index is 12.6. The third-order valence-corrected chi connectivity index (χ3v) is 4.13. The molecule has 17 N–H and O–H groups in total. The van der Waals surface area contributed by atoms with Gasteiger partial charge in [-0.2, -0.15) is 0 Å². The monoisotopic (exact) mass is 462 g/mol. The molecule has 4 amide bonds. The number of carbonyl (C=O) groups is 4. The van der Waals surface area contributed by atoms with E-state index >= 15 is 0 Å². The summed E-state index contributed by atoms with van der Waals surface area (Å²) in [5.74, 6) is -2.20. The normalized spacial score (nSPS) is 13.6. The Morgan fingerprint density at radius 2 is 1.12 bits per heavy atom. The van der Waals surface area contributed by atoms with Crippen molar-refractivity contribution < 1.29 is 19.2 Å². The summed E-state index contributed by atoms with van der Waals surface area (Å²) in [5, 5.41) is 18.8. The van der Waals surface area contributed by atoms with Crippen molar-refractivity contribution in [3.63, 3.8) is 0 Å². The quantitative estimate of drug-likeness (QED) is 0.0797. The third kappa shape index (κ3) is 13.1. The zero-order chi connectivity index (χ0) is 24.4. The summed E-state index contributed by atoms with van der Waals surface area (Å²) in [6.45, 7) is 0.460. The van der Waals surface area contributed by atoms with Gasteiger partial charge >= 0.3 is 0 Å². The van der Waals surface area contributed by atoms with E-state index in [-0.39, 0.29) is 59.3 Å². The third-order valence-electron chi connectivity index (χ3n) is 4.13. The van der Waals surface area contributed by atoms with Crippen LogP contribution in [0.1, 0.15) is 6.42 Å². The second kappa shape index (κ2) is 18.2. The van der Waals surface area contributed by atoms with Gasteiger partial charge in [0.05, 0.1) is 0 Å². The Morgan fingerprint density at radius 1 is 0.625 bits per heavy atom. The van der Waals surface area contributed by atoms with Gasteiger partial charge in [0.1, 0.15) is 18.1 Å². The molecule has 186 valence electrons. The molecule has 0 bridgehead atoms. The lowest BCUT2D eigenvalue weighted by molar-refractivity contribution is -0.130. The molecule has 0 aromatic heterocycles. The smallest absolute Gasteiger partial charge is 0.244 e. The predicted molar refractivity (Wildman–Crippen MR) is 118 cm³/mol. The van der Waals surface area contributed by atoms with Gasteiger partial charge < -0.3 is 55.3 Å². The summed E-state index contributed by atoms with van der Waals surface area (Å²) < 4.78 is 0. The zero-order valence-electron chi connectivity index (χ0n) is 18.1. The first-order valence-electron chi connectivity index (χ1n) is 10.1. The molecule has 0 aliphatic carbocycles. The van der Waals surface area contributed by atoms with E-state index in [0.29, 0.717) is 0 Å². The highest BCUT2D eigenvalue weighted by Gasteiger charge is 2.26. The van der Waals surface area contributed by atoms with Crippen molar-refractivity contribution in [3.05, 3.63) is 0 Å². The van der Waals surface area contributed by atoms with Crippen molar-refractivity contribution in [2.45, 2.75) is 24.5 Å². The van der Waals surface area contributed by atoms with Crippen molar-refractivity contribution in [3.8, 4) is 0 Å². The first-order valence-corrected chi connectivity index (χ1v) is 10.1. The molecule has 32 heavy (non-hydrogen) atoms. The summed E-state index contributed by atoms with van der Waals surface area (Å²) in [6.07, 6.45) is -0.0796. The number of amides is 4. The Morgan fingerprint density at radius 3 is 1.59 bits per heavy atom. The number of rotatable bonds is 19. The van der Waals surface area contributed by atoms with Crippen molar-refractivity contribution in [1.29, 1.82) is 0 Å². The standard InChI is InChI=1S/C16H38N12O4/c17-6-22-3-10(26-8-19)14(30)25-5-12(15(31)24-2-1-13(21)29)28-16(32)11(27-9-20)4-23-7-18/h10-12,22-23,26-27H,1-9,17-20H2,(H2,21,29)(H,24,31)(H,25,30)(H,28,32). The van der Waals surface area contributed by atoms with Gasteiger partial charge in [0, 0.05) is 59.3 Å². The lowest BCUT2D eigenvalue weighted by Gasteiger charge is -2.24.